The van der Waals surface area contributed by atoms with Crippen LogP contribution >= 0.6 is 24.0 Å². The van der Waals surface area contributed by atoms with E-state index in [1.54, 1.807) is 18.0 Å². The minimum absolute atomic E-state index is 0.106. The number of thiocarbonyl (C=S) groups is 1. The van der Waals surface area contributed by atoms with E-state index < -0.39 is 0 Å². The number of nitrogens with one attached hydrogen (secondary N) is 1. The van der Waals surface area contributed by atoms with Gasteiger partial charge in [0.05, 0.1) is 11.7 Å². The molecule has 1 aliphatic rings. The number of rotatable bonds is 7. The van der Waals surface area contributed by atoms with Gasteiger partial charge < -0.3 is 19.7 Å². The van der Waals surface area contributed by atoms with Crippen LogP contribution in [-0.2, 0) is 0 Å². The summed E-state index contributed by atoms with van der Waals surface area (Å²) in [4.78, 5) is 7.74. The van der Waals surface area contributed by atoms with Crippen LogP contribution in [0.4, 0.5) is 0 Å². The minimum Gasteiger partial charge on any atom is -0.452 e. The molecule has 2 unspecified atom stereocenters. The molecule has 0 amide bonds. The number of aromatic nitrogens is 1. The summed E-state index contributed by atoms with van der Waals surface area (Å²) in [6, 6.07) is 18.0. The van der Waals surface area contributed by atoms with Crippen molar-refractivity contribution < 1.29 is 9.52 Å². The molecule has 1 aliphatic heterocycles. The molecule has 7 heteroatoms. The van der Waals surface area contributed by atoms with Crippen molar-refractivity contribution in [1.82, 2.24) is 15.2 Å². The van der Waals surface area contributed by atoms with Crippen molar-refractivity contribution in [2.75, 3.05) is 13.2 Å². The average molecular weight is 426 g/mol. The van der Waals surface area contributed by atoms with Crippen LogP contribution in [-0.4, -0.2) is 33.3 Å². The molecule has 5 nitrogen and oxygen atoms in total. The molecule has 1 fully saturated rings. The van der Waals surface area contributed by atoms with Crippen molar-refractivity contribution in [2.24, 2.45) is 0 Å². The van der Waals surface area contributed by atoms with E-state index in [1.807, 2.05) is 30.3 Å². The zero-order valence-corrected chi connectivity index (χ0v) is 17.7. The maximum atomic E-state index is 9.31. The summed E-state index contributed by atoms with van der Waals surface area (Å²) >= 11 is 7.19. The first-order valence-electron chi connectivity index (χ1n) is 9.59. The van der Waals surface area contributed by atoms with Gasteiger partial charge in [0.15, 0.2) is 10.2 Å². The largest absolute Gasteiger partial charge is 0.452 e. The van der Waals surface area contributed by atoms with Gasteiger partial charge in [-0.2, -0.15) is 0 Å². The fourth-order valence-electron chi connectivity index (χ4n) is 3.47. The molecule has 3 aromatic rings. The lowest BCUT2D eigenvalue weighted by molar-refractivity contribution is 0.226. The highest BCUT2D eigenvalue weighted by atomic mass is 32.2. The monoisotopic (exact) mass is 425 g/mol. The first-order valence-corrected chi connectivity index (χ1v) is 10.8. The van der Waals surface area contributed by atoms with Crippen molar-refractivity contribution >= 4 is 29.1 Å². The maximum absolute atomic E-state index is 9.31. The van der Waals surface area contributed by atoms with E-state index in [4.69, 9.17) is 16.6 Å². The third kappa shape index (κ3) is 4.47. The summed E-state index contributed by atoms with van der Waals surface area (Å²) in [6.45, 7) is 2.85. The molecule has 2 N–H and O–H groups in total. The number of hydrogen-bond acceptors (Lipinski definition) is 5. The van der Waals surface area contributed by atoms with Crippen molar-refractivity contribution in [3.8, 4) is 0 Å². The lowest BCUT2D eigenvalue weighted by Gasteiger charge is -2.25. The number of benzene rings is 1. The predicted molar refractivity (Wildman–Crippen MR) is 118 cm³/mol. The summed E-state index contributed by atoms with van der Waals surface area (Å²) in [5, 5.41) is 14.2. The molecule has 4 rings (SSSR count). The van der Waals surface area contributed by atoms with Gasteiger partial charge in [-0.25, -0.2) is 0 Å². The zero-order valence-electron chi connectivity index (χ0n) is 16.1. The quantitative estimate of drug-likeness (QED) is 0.541. The summed E-state index contributed by atoms with van der Waals surface area (Å²) in [7, 11) is 0. The number of furan rings is 1. The van der Waals surface area contributed by atoms with Crippen LogP contribution in [0.2, 0.25) is 0 Å². The SMILES string of the molecule is Cc1ccc(Sc2ccc(C3C(c4ccccn4)NC(=S)N3CCCO)o2)cc1. The Kier molecular flexibility index (Phi) is 6.18. The third-order valence-corrected chi connectivity index (χ3v) is 6.17. The van der Waals surface area contributed by atoms with Crippen LogP contribution in [0.3, 0.4) is 0 Å². The molecule has 0 saturated carbocycles. The molecular formula is C22H23N3O2S2. The molecule has 0 aliphatic carbocycles. The Bertz CT molecular complexity index is 960. The zero-order chi connectivity index (χ0) is 20.2. The fraction of sp³-hybridized carbons (Fsp3) is 0.273. The highest BCUT2D eigenvalue weighted by molar-refractivity contribution is 7.99. The van der Waals surface area contributed by atoms with Gasteiger partial charge in [-0.3, -0.25) is 4.98 Å². The van der Waals surface area contributed by atoms with Crippen LogP contribution in [0.5, 0.6) is 0 Å². The van der Waals surface area contributed by atoms with Crippen molar-refractivity contribution in [1.29, 1.82) is 0 Å². The molecule has 0 spiro atoms. The Morgan fingerprint density at radius 1 is 1.17 bits per heavy atom. The highest BCUT2D eigenvalue weighted by Gasteiger charge is 2.41. The third-order valence-electron chi connectivity index (χ3n) is 4.89. The Labute approximate surface area is 180 Å². The summed E-state index contributed by atoms with van der Waals surface area (Å²) in [5.74, 6) is 0.834. The normalized spacial score (nSPS) is 18.8. The average Bonchev–Trinajstić information content (AvgIpc) is 3.32. The summed E-state index contributed by atoms with van der Waals surface area (Å²) in [6.07, 6.45) is 2.42. The van der Waals surface area contributed by atoms with E-state index in [0.717, 1.165) is 21.4 Å². The summed E-state index contributed by atoms with van der Waals surface area (Å²) in [5.41, 5.74) is 2.15. The number of hydrogen-bond donors (Lipinski definition) is 2. The van der Waals surface area contributed by atoms with Crippen molar-refractivity contribution in [3.63, 3.8) is 0 Å². The lowest BCUT2D eigenvalue weighted by atomic mass is 10.0. The number of pyridine rings is 1. The second kappa shape index (κ2) is 8.98. The fourth-order valence-corrected chi connectivity index (χ4v) is 4.58. The smallest absolute Gasteiger partial charge is 0.170 e. The van der Waals surface area contributed by atoms with E-state index in [9.17, 15) is 5.11 Å². The van der Waals surface area contributed by atoms with Gasteiger partial charge >= 0.3 is 0 Å². The van der Waals surface area contributed by atoms with Gasteiger partial charge in [0.25, 0.3) is 0 Å². The molecule has 0 bridgehead atoms. The van der Waals surface area contributed by atoms with Gasteiger partial charge in [0.2, 0.25) is 0 Å². The van der Waals surface area contributed by atoms with Gasteiger partial charge in [-0.05, 0) is 62.0 Å². The topological polar surface area (TPSA) is 61.5 Å². The second-order valence-corrected chi connectivity index (χ2v) is 8.43. The lowest BCUT2D eigenvalue weighted by Crippen LogP contribution is -2.30. The Morgan fingerprint density at radius 2 is 2.00 bits per heavy atom. The maximum Gasteiger partial charge on any atom is 0.170 e. The van der Waals surface area contributed by atoms with Gasteiger partial charge in [0.1, 0.15) is 11.8 Å². The molecule has 1 aromatic carbocycles. The minimum atomic E-state index is -0.115. The standard InChI is InChI=1S/C22H23N3O2S2/c1-15-6-8-16(9-7-15)29-19-11-10-18(27-19)21-20(17-5-2-3-12-23-17)24-22(28)25(21)13-4-14-26/h2-3,5-12,20-21,26H,4,13-14H2,1H3,(H,24,28). The number of aliphatic hydroxyl groups excluding tert-OH is 1. The van der Waals surface area contributed by atoms with Gasteiger partial charge in [-0.1, -0.05) is 35.5 Å². The molecule has 0 radical (unpaired) electrons. The Hall–Kier alpha value is -2.35. The first kappa shape index (κ1) is 19.9. The van der Waals surface area contributed by atoms with E-state index in [-0.39, 0.29) is 18.7 Å². The highest BCUT2D eigenvalue weighted by Crippen LogP contribution is 2.41. The first-order chi connectivity index (χ1) is 14.2. The Morgan fingerprint density at radius 3 is 2.72 bits per heavy atom. The summed E-state index contributed by atoms with van der Waals surface area (Å²) < 4.78 is 6.24. The second-order valence-electron chi connectivity index (χ2n) is 6.97. The van der Waals surface area contributed by atoms with E-state index in [0.29, 0.717) is 18.1 Å². The van der Waals surface area contributed by atoms with Crippen molar-refractivity contribution in [2.45, 2.75) is 35.4 Å². The van der Waals surface area contributed by atoms with Crippen molar-refractivity contribution in [3.05, 3.63) is 77.8 Å². The van der Waals surface area contributed by atoms with Crippen LogP contribution in [0.1, 0.15) is 35.5 Å². The van der Waals surface area contributed by atoms with E-state index >= 15 is 0 Å². The number of aliphatic hydroxyl groups is 1. The molecule has 3 heterocycles. The van der Waals surface area contributed by atoms with Crippen LogP contribution in [0, 0.1) is 6.92 Å². The van der Waals surface area contributed by atoms with Gasteiger partial charge in [-0.15, -0.1) is 0 Å². The van der Waals surface area contributed by atoms with Crippen LogP contribution < -0.4 is 5.32 Å². The van der Waals surface area contributed by atoms with Crippen LogP contribution in [0.15, 0.2) is 75.2 Å². The number of aryl methyl sites for hydroxylation is 1. The molecule has 29 heavy (non-hydrogen) atoms. The molecular weight excluding hydrogens is 402 g/mol. The molecule has 150 valence electrons. The number of nitrogens with zero attached hydrogens (tertiary/aromatic N) is 2. The molecule has 2 aromatic heterocycles. The predicted octanol–water partition coefficient (Wildman–Crippen LogP) is 4.49. The van der Waals surface area contributed by atoms with E-state index in [1.165, 1.54) is 5.56 Å². The molecule has 1 saturated heterocycles. The van der Waals surface area contributed by atoms with Crippen LogP contribution in [0.25, 0.3) is 0 Å². The molecule has 2 atom stereocenters. The Balaban J connectivity index is 1.62. The van der Waals surface area contributed by atoms with Gasteiger partial charge in [0, 0.05) is 24.2 Å². The van der Waals surface area contributed by atoms with E-state index in [2.05, 4.69) is 46.4 Å².